The van der Waals surface area contributed by atoms with Gasteiger partial charge in [-0.15, -0.1) is 0 Å². The minimum atomic E-state index is -1.58. The first kappa shape index (κ1) is 29.8. The molecule has 224 valence electrons. The lowest BCUT2D eigenvalue weighted by atomic mass is 9.85. The number of amides is 3. The van der Waals surface area contributed by atoms with Crippen LogP contribution in [0.1, 0.15) is 57.2 Å². The summed E-state index contributed by atoms with van der Waals surface area (Å²) >= 11 is 0. The number of nitrogens with zero attached hydrogens (tertiary/aromatic N) is 2. The Morgan fingerprint density at radius 1 is 0.930 bits per heavy atom. The maximum atomic E-state index is 14.5. The molecule has 3 aromatic carbocycles. The molecule has 3 amide bonds. The maximum absolute atomic E-state index is 14.5. The lowest BCUT2D eigenvalue weighted by molar-refractivity contribution is -0.144. The minimum Gasteiger partial charge on any atom is -0.466 e. The van der Waals surface area contributed by atoms with Gasteiger partial charge < -0.3 is 14.8 Å². The van der Waals surface area contributed by atoms with Crippen molar-refractivity contribution in [2.45, 2.75) is 70.7 Å². The number of fused-ring (bicyclic) bond motifs is 2. The molecule has 2 aliphatic rings. The van der Waals surface area contributed by atoms with Crippen LogP contribution in [0.5, 0.6) is 0 Å². The van der Waals surface area contributed by atoms with Crippen LogP contribution < -0.4 is 10.2 Å². The number of anilines is 2. The number of carbonyl (C=O) groups is 4. The fourth-order valence-electron chi connectivity index (χ4n) is 5.79. The van der Waals surface area contributed by atoms with Gasteiger partial charge in [-0.3, -0.25) is 24.2 Å². The summed E-state index contributed by atoms with van der Waals surface area (Å²) in [6, 6.07) is 23.1. The van der Waals surface area contributed by atoms with Gasteiger partial charge in [-0.25, -0.2) is 4.79 Å². The van der Waals surface area contributed by atoms with Crippen molar-refractivity contribution in [1.29, 1.82) is 0 Å². The van der Waals surface area contributed by atoms with E-state index in [9.17, 15) is 19.2 Å². The Morgan fingerprint density at radius 2 is 1.58 bits per heavy atom. The molecule has 0 saturated carbocycles. The Hall–Kier alpha value is -4.66. The monoisotopic (exact) mass is 583 g/mol. The molecule has 0 aromatic heterocycles. The second-order valence-corrected chi connectivity index (χ2v) is 11.8. The largest absolute Gasteiger partial charge is 0.466 e. The minimum absolute atomic E-state index is 0.0213. The van der Waals surface area contributed by atoms with Crippen LogP contribution in [0.3, 0.4) is 0 Å². The van der Waals surface area contributed by atoms with E-state index in [1.165, 1.54) is 4.90 Å². The highest BCUT2D eigenvalue weighted by atomic mass is 16.6. The van der Waals surface area contributed by atoms with Crippen LogP contribution in [0.25, 0.3) is 0 Å². The van der Waals surface area contributed by atoms with E-state index in [4.69, 9.17) is 9.47 Å². The SMILES string of the molecule is CCOC(=O)CCC1(NC(=O)C2Cc3ccccc3CN2C(=O)OC(C)(C)C)C(=O)N(c2ccccc2)c2ccccc21. The summed E-state index contributed by atoms with van der Waals surface area (Å²) in [5.41, 5.74) is 1.33. The first-order chi connectivity index (χ1) is 20.5. The summed E-state index contributed by atoms with van der Waals surface area (Å²) < 4.78 is 10.9. The van der Waals surface area contributed by atoms with Gasteiger partial charge in [0.25, 0.3) is 5.91 Å². The zero-order valence-electron chi connectivity index (χ0n) is 25.0. The van der Waals surface area contributed by atoms with Crippen LogP contribution in [-0.4, -0.2) is 47.0 Å². The van der Waals surface area contributed by atoms with Gasteiger partial charge in [-0.05, 0) is 63.4 Å². The fraction of sp³-hybridized carbons (Fsp3) is 0.353. The van der Waals surface area contributed by atoms with E-state index in [0.717, 1.165) is 11.1 Å². The van der Waals surface area contributed by atoms with E-state index < -0.39 is 41.1 Å². The highest BCUT2D eigenvalue weighted by Gasteiger charge is 2.53. The zero-order valence-corrected chi connectivity index (χ0v) is 25.0. The van der Waals surface area contributed by atoms with Crippen molar-refractivity contribution in [2.24, 2.45) is 0 Å². The van der Waals surface area contributed by atoms with Crippen LogP contribution in [0.2, 0.25) is 0 Å². The highest BCUT2D eigenvalue weighted by Crippen LogP contribution is 2.46. The number of rotatable bonds is 7. The third-order valence-electron chi connectivity index (χ3n) is 7.71. The van der Waals surface area contributed by atoms with Crippen LogP contribution in [0.15, 0.2) is 78.9 Å². The smallest absolute Gasteiger partial charge is 0.411 e. The topological polar surface area (TPSA) is 105 Å². The molecular formula is C34H37N3O6. The van der Waals surface area contributed by atoms with E-state index in [-0.39, 0.29) is 32.4 Å². The molecule has 9 nitrogen and oxygen atoms in total. The van der Waals surface area contributed by atoms with Crippen molar-refractivity contribution in [1.82, 2.24) is 10.2 Å². The van der Waals surface area contributed by atoms with Crippen molar-refractivity contribution in [3.8, 4) is 0 Å². The first-order valence-corrected chi connectivity index (χ1v) is 14.6. The Balaban J connectivity index is 1.56. The number of carbonyl (C=O) groups excluding carboxylic acids is 4. The van der Waals surface area contributed by atoms with Gasteiger partial charge in [0, 0.05) is 24.1 Å². The number of esters is 1. The predicted molar refractivity (Wildman–Crippen MR) is 161 cm³/mol. The Labute approximate surface area is 251 Å². The van der Waals surface area contributed by atoms with Gasteiger partial charge in [-0.2, -0.15) is 0 Å². The van der Waals surface area contributed by atoms with E-state index in [1.54, 1.807) is 44.7 Å². The summed E-state index contributed by atoms with van der Waals surface area (Å²) in [5, 5.41) is 3.06. The number of para-hydroxylation sites is 2. The van der Waals surface area contributed by atoms with Crippen molar-refractivity contribution in [3.05, 3.63) is 95.6 Å². The predicted octanol–water partition coefficient (Wildman–Crippen LogP) is 5.38. The molecule has 0 radical (unpaired) electrons. The third kappa shape index (κ3) is 5.98. The van der Waals surface area contributed by atoms with Crippen LogP contribution >= 0.6 is 0 Å². The molecule has 5 rings (SSSR count). The van der Waals surface area contributed by atoms with E-state index in [2.05, 4.69) is 5.32 Å². The number of benzene rings is 3. The molecule has 0 fully saturated rings. The third-order valence-corrected chi connectivity index (χ3v) is 7.71. The average Bonchev–Trinajstić information content (AvgIpc) is 3.22. The Kier molecular flexibility index (Phi) is 8.26. The molecule has 1 N–H and O–H groups in total. The van der Waals surface area contributed by atoms with Gasteiger partial charge in [0.2, 0.25) is 5.91 Å². The Morgan fingerprint density at radius 3 is 2.28 bits per heavy atom. The van der Waals surface area contributed by atoms with Crippen molar-refractivity contribution >= 4 is 35.3 Å². The summed E-state index contributed by atoms with van der Waals surface area (Å²) in [4.78, 5) is 57.9. The fourth-order valence-corrected chi connectivity index (χ4v) is 5.79. The van der Waals surface area contributed by atoms with Gasteiger partial charge in [0.15, 0.2) is 0 Å². The number of nitrogens with one attached hydrogen (secondary N) is 1. The number of hydrogen-bond donors (Lipinski definition) is 1. The molecule has 0 aliphatic carbocycles. The van der Waals surface area contributed by atoms with Gasteiger partial charge in [0.05, 0.1) is 18.8 Å². The van der Waals surface area contributed by atoms with Gasteiger partial charge in [0.1, 0.15) is 17.2 Å². The van der Waals surface area contributed by atoms with Crippen molar-refractivity contribution in [3.63, 3.8) is 0 Å². The lowest BCUT2D eigenvalue weighted by Gasteiger charge is -2.39. The molecule has 2 heterocycles. The molecular weight excluding hydrogens is 546 g/mol. The maximum Gasteiger partial charge on any atom is 0.411 e. The summed E-state index contributed by atoms with van der Waals surface area (Å²) in [6.07, 6.45) is -0.494. The van der Waals surface area contributed by atoms with Crippen LogP contribution in [0, 0.1) is 0 Å². The first-order valence-electron chi connectivity index (χ1n) is 14.6. The number of hydrogen-bond acceptors (Lipinski definition) is 6. The van der Waals surface area contributed by atoms with Gasteiger partial charge >= 0.3 is 12.1 Å². The van der Waals surface area contributed by atoms with E-state index in [1.807, 2.05) is 66.7 Å². The van der Waals surface area contributed by atoms with Crippen molar-refractivity contribution < 1.29 is 28.7 Å². The zero-order chi connectivity index (χ0) is 30.8. The standard InChI is InChI=1S/C34H37N3O6/c1-5-42-29(38)19-20-34(26-17-11-12-18-27(26)37(31(34)40)25-15-7-6-8-16-25)35-30(39)28-21-23-13-9-10-14-24(23)22-36(28)32(41)43-33(2,3)4/h6-18,28H,5,19-22H2,1-4H3,(H,35,39). The molecule has 0 bridgehead atoms. The summed E-state index contributed by atoms with van der Waals surface area (Å²) in [6.45, 7) is 7.41. The van der Waals surface area contributed by atoms with Gasteiger partial charge in [-0.1, -0.05) is 60.7 Å². The molecule has 2 aliphatic heterocycles. The molecule has 0 saturated heterocycles. The van der Waals surface area contributed by atoms with Crippen molar-refractivity contribution in [2.75, 3.05) is 11.5 Å². The molecule has 2 unspecified atom stereocenters. The summed E-state index contributed by atoms with van der Waals surface area (Å²) in [5.74, 6) is -1.37. The second kappa shape index (κ2) is 11.9. The van der Waals surface area contributed by atoms with Crippen LogP contribution in [0.4, 0.5) is 16.2 Å². The molecule has 43 heavy (non-hydrogen) atoms. The quantitative estimate of drug-likeness (QED) is 0.375. The molecule has 9 heteroatoms. The highest BCUT2D eigenvalue weighted by molar-refractivity contribution is 6.14. The summed E-state index contributed by atoms with van der Waals surface area (Å²) in [7, 11) is 0. The van der Waals surface area contributed by atoms with E-state index in [0.29, 0.717) is 16.9 Å². The van der Waals surface area contributed by atoms with Crippen LogP contribution in [-0.2, 0) is 42.4 Å². The lowest BCUT2D eigenvalue weighted by Crippen LogP contribution is -2.60. The number of ether oxygens (including phenoxy) is 2. The Bertz CT molecular complexity index is 1530. The van der Waals surface area contributed by atoms with E-state index >= 15 is 0 Å². The molecule has 0 spiro atoms. The second-order valence-electron chi connectivity index (χ2n) is 11.8. The molecule has 3 aromatic rings. The molecule has 2 atom stereocenters. The average molecular weight is 584 g/mol. The normalized spacial score (nSPS) is 19.3.